The minimum Gasteiger partial charge on any atom is -0.330 e. The van der Waals surface area contributed by atoms with E-state index in [0.717, 1.165) is 18.7 Å². The highest BCUT2D eigenvalue weighted by Crippen LogP contribution is 2.22. The zero-order chi connectivity index (χ0) is 14.7. The number of hydrogen-bond acceptors (Lipinski definition) is 2. The molecule has 2 heterocycles. The fourth-order valence-corrected chi connectivity index (χ4v) is 2.99. The van der Waals surface area contributed by atoms with E-state index in [1.54, 1.807) is 12.4 Å². The number of rotatable bonds is 3. The van der Waals surface area contributed by atoms with Gasteiger partial charge in [-0.05, 0) is 17.7 Å². The van der Waals surface area contributed by atoms with E-state index in [2.05, 4.69) is 41.6 Å². The van der Waals surface area contributed by atoms with E-state index in [9.17, 15) is 4.79 Å². The van der Waals surface area contributed by atoms with Gasteiger partial charge in [0, 0.05) is 30.1 Å². The van der Waals surface area contributed by atoms with Crippen LogP contribution in [0.5, 0.6) is 0 Å². The second-order valence-electron chi connectivity index (χ2n) is 5.59. The van der Waals surface area contributed by atoms with Crippen molar-refractivity contribution in [3.05, 3.63) is 59.9 Å². The third kappa shape index (κ3) is 3.11. The average molecular weight is 282 g/mol. The normalized spacial score (nSPS) is 20.6. The van der Waals surface area contributed by atoms with Crippen LogP contribution in [0.1, 0.15) is 23.6 Å². The number of carbonyl (C=O) groups is 1. The van der Waals surface area contributed by atoms with Crippen molar-refractivity contribution >= 4 is 11.6 Å². The summed E-state index contributed by atoms with van der Waals surface area (Å²) in [5, 5.41) is 2.95. The maximum absolute atomic E-state index is 12.3. The van der Waals surface area contributed by atoms with Gasteiger partial charge in [0.1, 0.15) is 6.04 Å². The summed E-state index contributed by atoms with van der Waals surface area (Å²) in [6, 6.07) is 12.3. The molecule has 4 nitrogen and oxygen atoms in total. The molecule has 3 rings (SSSR count). The maximum atomic E-state index is 12.3. The molecule has 2 atom stereocenters. The summed E-state index contributed by atoms with van der Waals surface area (Å²) < 4.78 is 0. The molecule has 1 aromatic heterocycles. The largest absolute Gasteiger partial charge is 0.330 e. The van der Waals surface area contributed by atoms with E-state index >= 15 is 0 Å². The molecule has 4 heteroatoms. The molecule has 0 aliphatic carbocycles. The third-order valence-electron chi connectivity index (χ3n) is 4.17. The molecule has 0 spiro atoms. The Labute approximate surface area is 124 Å². The maximum Gasteiger partial charge on any atom is 0.230 e. The quantitative estimate of drug-likeness (QED) is 0.889. The van der Waals surface area contributed by atoms with Gasteiger partial charge >= 0.3 is 0 Å². The molecule has 0 fully saturated rings. The van der Waals surface area contributed by atoms with Crippen LogP contribution >= 0.6 is 0 Å². The molecule has 1 aliphatic rings. The Morgan fingerprint density at radius 1 is 1.29 bits per heavy atom. The van der Waals surface area contributed by atoms with Gasteiger partial charge in [-0.3, -0.25) is 9.78 Å². The highest BCUT2D eigenvalue weighted by Gasteiger charge is 2.29. The van der Waals surface area contributed by atoms with Crippen LogP contribution in [-0.4, -0.2) is 24.5 Å². The average Bonchev–Trinajstić information content (AvgIpc) is 2.51. The monoisotopic (exact) mass is 282 g/mol. The van der Waals surface area contributed by atoms with E-state index in [0.29, 0.717) is 6.42 Å². The lowest BCUT2D eigenvalue weighted by Gasteiger charge is -2.31. The van der Waals surface area contributed by atoms with Crippen LogP contribution in [0.2, 0.25) is 0 Å². The van der Waals surface area contributed by atoms with E-state index in [1.165, 1.54) is 16.0 Å². The van der Waals surface area contributed by atoms with Crippen molar-refractivity contribution in [1.29, 1.82) is 0 Å². The fourth-order valence-electron chi connectivity index (χ4n) is 2.99. The molecule has 21 heavy (non-hydrogen) atoms. The molecular weight excluding hydrogens is 262 g/mol. The minimum atomic E-state index is 0.0576. The van der Waals surface area contributed by atoms with Crippen molar-refractivity contribution in [1.82, 2.24) is 4.98 Å². The summed E-state index contributed by atoms with van der Waals surface area (Å²) in [6.45, 7) is 1.07. The Balaban J connectivity index is 1.73. The SMILES string of the molecule is C[NH+]1CCc2ccccc2[C@H]1CC(=O)Nc1ccncc1. The van der Waals surface area contributed by atoms with Crippen LogP contribution < -0.4 is 10.2 Å². The van der Waals surface area contributed by atoms with Gasteiger partial charge in [-0.15, -0.1) is 0 Å². The molecule has 2 aromatic rings. The van der Waals surface area contributed by atoms with Gasteiger partial charge in [0.05, 0.1) is 20.0 Å². The van der Waals surface area contributed by atoms with E-state index in [-0.39, 0.29) is 11.9 Å². The number of aromatic nitrogens is 1. The van der Waals surface area contributed by atoms with Crippen molar-refractivity contribution in [3.63, 3.8) is 0 Å². The number of fused-ring (bicyclic) bond motifs is 1. The molecular formula is C17H20N3O+. The minimum absolute atomic E-state index is 0.0576. The summed E-state index contributed by atoms with van der Waals surface area (Å²) in [6.07, 6.45) is 4.96. The first-order valence-electron chi connectivity index (χ1n) is 7.34. The van der Waals surface area contributed by atoms with Crippen molar-refractivity contribution in [2.75, 3.05) is 18.9 Å². The standard InChI is InChI=1S/C17H19N3O/c1-20-11-8-13-4-2-3-5-15(13)16(20)12-17(21)19-14-6-9-18-10-7-14/h2-7,9-10,16H,8,11-12H2,1H3,(H,18,19,21)/p+1/t16-/m1/s1. The predicted molar refractivity (Wildman–Crippen MR) is 82.1 cm³/mol. The number of hydrogen-bond donors (Lipinski definition) is 2. The zero-order valence-corrected chi connectivity index (χ0v) is 12.2. The number of amides is 1. The zero-order valence-electron chi connectivity index (χ0n) is 12.2. The predicted octanol–water partition coefficient (Wildman–Crippen LogP) is 1.22. The summed E-state index contributed by atoms with van der Waals surface area (Å²) in [4.78, 5) is 17.6. The Kier molecular flexibility index (Phi) is 3.97. The Morgan fingerprint density at radius 3 is 2.86 bits per heavy atom. The molecule has 0 saturated heterocycles. The first-order valence-corrected chi connectivity index (χ1v) is 7.34. The lowest BCUT2D eigenvalue weighted by Crippen LogP contribution is -3.10. The second-order valence-corrected chi connectivity index (χ2v) is 5.59. The van der Waals surface area contributed by atoms with E-state index in [4.69, 9.17) is 0 Å². The van der Waals surface area contributed by atoms with Crippen LogP contribution in [0.15, 0.2) is 48.8 Å². The number of anilines is 1. The van der Waals surface area contributed by atoms with Crippen LogP contribution in [0.3, 0.4) is 0 Å². The smallest absolute Gasteiger partial charge is 0.230 e. The van der Waals surface area contributed by atoms with Crippen LogP contribution in [0, 0.1) is 0 Å². The second kappa shape index (κ2) is 6.06. The van der Waals surface area contributed by atoms with Crippen LogP contribution in [0.4, 0.5) is 5.69 Å². The van der Waals surface area contributed by atoms with Crippen molar-refractivity contribution in [2.45, 2.75) is 18.9 Å². The van der Waals surface area contributed by atoms with Gasteiger partial charge in [0.2, 0.25) is 5.91 Å². The number of likely N-dealkylation sites (N-methyl/N-ethyl adjacent to an activating group) is 1. The molecule has 2 N–H and O–H groups in total. The van der Waals surface area contributed by atoms with Crippen molar-refractivity contribution < 1.29 is 9.69 Å². The molecule has 0 radical (unpaired) electrons. The lowest BCUT2D eigenvalue weighted by molar-refractivity contribution is -0.914. The number of benzene rings is 1. The molecule has 0 saturated carbocycles. The first kappa shape index (κ1) is 13.8. The number of nitrogens with zero attached hydrogens (tertiary/aromatic N) is 1. The molecule has 1 aliphatic heterocycles. The Bertz CT molecular complexity index is 627. The summed E-state index contributed by atoms with van der Waals surface area (Å²) in [7, 11) is 2.17. The fraction of sp³-hybridized carbons (Fsp3) is 0.294. The van der Waals surface area contributed by atoms with Gasteiger partial charge in [0.25, 0.3) is 0 Å². The number of quaternary nitrogens is 1. The molecule has 0 bridgehead atoms. The third-order valence-corrected chi connectivity index (χ3v) is 4.17. The number of carbonyl (C=O) groups excluding carboxylic acids is 1. The summed E-state index contributed by atoms with van der Waals surface area (Å²) in [5.41, 5.74) is 3.49. The van der Waals surface area contributed by atoms with E-state index < -0.39 is 0 Å². The topological polar surface area (TPSA) is 46.4 Å². The molecule has 1 amide bonds. The van der Waals surface area contributed by atoms with Crippen molar-refractivity contribution in [3.8, 4) is 0 Å². The molecule has 1 aromatic carbocycles. The summed E-state index contributed by atoms with van der Waals surface area (Å²) in [5.74, 6) is 0.0576. The van der Waals surface area contributed by atoms with Gasteiger partial charge in [-0.1, -0.05) is 24.3 Å². The lowest BCUT2D eigenvalue weighted by atomic mass is 9.91. The van der Waals surface area contributed by atoms with Gasteiger partial charge < -0.3 is 10.2 Å². The van der Waals surface area contributed by atoms with Gasteiger partial charge in [-0.2, -0.15) is 0 Å². The Hall–Kier alpha value is -2.20. The highest BCUT2D eigenvalue weighted by molar-refractivity contribution is 5.91. The highest BCUT2D eigenvalue weighted by atomic mass is 16.1. The van der Waals surface area contributed by atoms with Gasteiger partial charge in [0.15, 0.2) is 0 Å². The first-order chi connectivity index (χ1) is 10.2. The summed E-state index contributed by atoms with van der Waals surface area (Å²) >= 11 is 0. The number of nitrogens with one attached hydrogen (secondary N) is 2. The van der Waals surface area contributed by atoms with Crippen molar-refractivity contribution in [2.24, 2.45) is 0 Å². The van der Waals surface area contributed by atoms with E-state index in [1.807, 2.05) is 12.1 Å². The molecule has 1 unspecified atom stereocenters. The number of pyridine rings is 1. The van der Waals surface area contributed by atoms with Crippen LogP contribution in [0.25, 0.3) is 0 Å². The van der Waals surface area contributed by atoms with Gasteiger partial charge in [-0.25, -0.2) is 0 Å². The molecule has 108 valence electrons. The Morgan fingerprint density at radius 2 is 2.05 bits per heavy atom. The van der Waals surface area contributed by atoms with Crippen LogP contribution in [-0.2, 0) is 11.2 Å².